The molecule has 0 radical (unpaired) electrons. The lowest BCUT2D eigenvalue weighted by Gasteiger charge is -2.36. The summed E-state index contributed by atoms with van der Waals surface area (Å²) in [4.78, 5) is 4.89. The number of anilines is 2. The fraction of sp³-hybridized carbons (Fsp3) is 0.571. The third kappa shape index (κ3) is 3.70. The summed E-state index contributed by atoms with van der Waals surface area (Å²) in [6, 6.07) is 5.85. The zero-order valence-electron chi connectivity index (χ0n) is 11.8. The summed E-state index contributed by atoms with van der Waals surface area (Å²) < 4.78 is 5.43. The standard InChI is InChI=1S/C14H23N3OS/c1-18-14-4-3-12(15)11-13(14)17-7-5-16(6-8-17)9-10-19-2/h3-4,11H,5-10,15H2,1-2H3. The van der Waals surface area contributed by atoms with Gasteiger partial charge in [0.05, 0.1) is 12.8 Å². The van der Waals surface area contributed by atoms with Crippen molar-refractivity contribution in [1.29, 1.82) is 0 Å². The van der Waals surface area contributed by atoms with Crippen LogP contribution in [0.3, 0.4) is 0 Å². The molecule has 0 unspecified atom stereocenters. The van der Waals surface area contributed by atoms with Crippen molar-refractivity contribution < 1.29 is 4.74 Å². The number of thioether (sulfide) groups is 1. The third-order valence-electron chi connectivity index (χ3n) is 3.53. The molecule has 0 aliphatic carbocycles. The first-order chi connectivity index (χ1) is 9.24. The molecule has 2 N–H and O–H groups in total. The van der Waals surface area contributed by atoms with Crippen molar-refractivity contribution in [1.82, 2.24) is 4.90 Å². The predicted molar refractivity (Wildman–Crippen MR) is 84.4 cm³/mol. The minimum atomic E-state index is 0.792. The second-order valence-electron chi connectivity index (χ2n) is 4.75. The van der Waals surface area contributed by atoms with Gasteiger partial charge in [-0.05, 0) is 24.5 Å². The van der Waals surface area contributed by atoms with Crippen LogP contribution in [0.5, 0.6) is 5.75 Å². The summed E-state index contributed by atoms with van der Waals surface area (Å²) >= 11 is 1.91. The smallest absolute Gasteiger partial charge is 0.142 e. The molecule has 0 amide bonds. The molecule has 106 valence electrons. The first-order valence-electron chi connectivity index (χ1n) is 6.64. The Morgan fingerprint density at radius 2 is 2.00 bits per heavy atom. The normalized spacial score (nSPS) is 16.6. The van der Waals surface area contributed by atoms with Gasteiger partial charge in [-0.3, -0.25) is 4.90 Å². The van der Waals surface area contributed by atoms with Crippen LogP contribution in [0.25, 0.3) is 0 Å². The van der Waals surface area contributed by atoms with E-state index < -0.39 is 0 Å². The van der Waals surface area contributed by atoms with E-state index in [9.17, 15) is 0 Å². The molecule has 19 heavy (non-hydrogen) atoms. The zero-order chi connectivity index (χ0) is 13.7. The average molecular weight is 281 g/mol. The molecular weight excluding hydrogens is 258 g/mol. The van der Waals surface area contributed by atoms with Crippen molar-refractivity contribution in [2.24, 2.45) is 0 Å². The van der Waals surface area contributed by atoms with Gasteiger partial charge in [0.2, 0.25) is 0 Å². The van der Waals surface area contributed by atoms with Gasteiger partial charge in [0.25, 0.3) is 0 Å². The van der Waals surface area contributed by atoms with Crippen LogP contribution in [0.2, 0.25) is 0 Å². The number of nitrogens with zero attached hydrogens (tertiary/aromatic N) is 2. The van der Waals surface area contributed by atoms with Crippen molar-refractivity contribution >= 4 is 23.1 Å². The molecule has 0 bridgehead atoms. The number of ether oxygens (including phenoxy) is 1. The van der Waals surface area contributed by atoms with Crippen molar-refractivity contribution in [2.75, 3.05) is 62.5 Å². The number of piperazine rings is 1. The highest BCUT2D eigenvalue weighted by atomic mass is 32.2. The Kier molecular flexibility index (Phi) is 5.22. The fourth-order valence-electron chi connectivity index (χ4n) is 2.39. The number of methoxy groups -OCH3 is 1. The SMILES string of the molecule is COc1ccc(N)cc1N1CCN(CCSC)CC1. The molecule has 2 rings (SSSR count). The van der Waals surface area contributed by atoms with Crippen LogP contribution in [0, 0.1) is 0 Å². The fourth-order valence-corrected chi connectivity index (χ4v) is 2.83. The second kappa shape index (κ2) is 6.91. The average Bonchev–Trinajstić information content (AvgIpc) is 2.45. The third-order valence-corrected chi connectivity index (χ3v) is 4.12. The summed E-state index contributed by atoms with van der Waals surface area (Å²) in [5, 5.41) is 0. The van der Waals surface area contributed by atoms with Gasteiger partial charge in [-0.15, -0.1) is 0 Å². The summed E-state index contributed by atoms with van der Waals surface area (Å²) in [5.74, 6) is 2.12. The lowest BCUT2D eigenvalue weighted by Crippen LogP contribution is -2.47. The highest BCUT2D eigenvalue weighted by Crippen LogP contribution is 2.30. The number of rotatable bonds is 5. The van der Waals surface area contributed by atoms with E-state index in [1.807, 2.05) is 30.0 Å². The van der Waals surface area contributed by atoms with Crippen LogP contribution in [-0.4, -0.2) is 56.7 Å². The highest BCUT2D eigenvalue weighted by molar-refractivity contribution is 7.98. The van der Waals surface area contributed by atoms with E-state index in [0.717, 1.165) is 43.3 Å². The molecule has 1 aromatic carbocycles. The minimum Gasteiger partial charge on any atom is -0.495 e. The molecule has 1 heterocycles. The summed E-state index contributed by atoms with van der Waals surface area (Å²) in [7, 11) is 1.71. The van der Waals surface area contributed by atoms with E-state index in [-0.39, 0.29) is 0 Å². The van der Waals surface area contributed by atoms with Crippen LogP contribution >= 0.6 is 11.8 Å². The molecule has 1 aliphatic heterocycles. The van der Waals surface area contributed by atoms with Gasteiger partial charge in [0.15, 0.2) is 0 Å². The summed E-state index contributed by atoms with van der Waals surface area (Å²) in [6.45, 7) is 5.47. The van der Waals surface area contributed by atoms with Gasteiger partial charge in [-0.1, -0.05) is 0 Å². The Bertz CT molecular complexity index is 406. The quantitative estimate of drug-likeness (QED) is 0.833. The zero-order valence-corrected chi connectivity index (χ0v) is 12.6. The monoisotopic (exact) mass is 281 g/mol. The minimum absolute atomic E-state index is 0.792. The largest absolute Gasteiger partial charge is 0.495 e. The molecule has 5 heteroatoms. The number of hydrogen-bond donors (Lipinski definition) is 1. The van der Waals surface area contributed by atoms with Gasteiger partial charge in [0, 0.05) is 44.2 Å². The number of nitrogen functional groups attached to an aromatic ring is 1. The molecule has 4 nitrogen and oxygen atoms in total. The van der Waals surface area contributed by atoms with Crippen molar-refractivity contribution in [2.45, 2.75) is 0 Å². The van der Waals surface area contributed by atoms with Crippen molar-refractivity contribution in [3.8, 4) is 5.75 Å². The van der Waals surface area contributed by atoms with Gasteiger partial charge in [-0.2, -0.15) is 11.8 Å². The van der Waals surface area contributed by atoms with E-state index in [4.69, 9.17) is 10.5 Å². The van der Waals surface area contributed by atoms with Crippen LogP contribution in [-0.2, 0) is 0 Å². The van der Waals surface area contributed by atoms with Crippen LogP contribution in [0.1, 0.15) is 0 Å². The molecule has 1 aliphatic rings. The van der Waals surface area contributed by atoms with Crippen LogP contribution < -0.4 is 15.4 Å². The molecular formula is C14H23N3OS. The molecule has 0 atom stereocenters. The lowest BCUT2D eigenvalue weighted by atomic mass is 10.2. The summed E-state index contributed by atoms with van der Waals surface area (Å²) in [6.07, 6.45) is 2.16. The van der Waals surface area contributed by atoms with E-state index in [0.29, 0.717) is 0 Å². The van der Waals surface area contributed by atoms with Crippen LogP contribution in [0.15, 0.2) is 18.2 Å². The maximum atomic E-state index is 5.89. The molecule has 1 saturated heterocycles. The van der Waals surface area contributed by atoms with E-state index >= 15 is 0 Å². The topological polar surface area (TPSA) is 41.7 Å². The van der Waals surface area contributed by atoms with E-state index in [1.165, 1.54) is 12.3 Å². The number of hydrogen-bond acceptors (Lipinski definition) is 5. The van der Waals surface area contributed by atoms with Gasteiger partial charge in [-0.25, -0.2) is 0 Å². The molecule has 0 aromatic heterocycles. The van der Waals surface area contributed by atoms with Gasteiger partial charge >= 0.3 is 0 Å². The molecule has 0 saturated carbocycles. The Balaban J connectivity index is 1.99. The Morgan fingerprint density at radius 3 is 2.63 bits per heavy atom. The van der Waals surface area contributed by atoms with E-state index in [1.54, 1.807) is 7.11 Å². The summed E-state index contributed by atoms with van der Waals surface area (Å²) in [5.41, 5.74) is 7.80. The number of nitrogens with two attached hydrogens (primary N) is 1. The van der Waals surface area contributed by atoms with Crippen molar-refractivity contribution in [3.63, 3.8) is 0 Å². The Morgan fingerprint density at radius 1 is 1.26 bits per heavy atom. The van der Waals surface area contributed by atoms with Gasteiger partial charge in [0.1, 0.15) is 5.75 Å². The molecule has 0 spiro atoms. The molecule has 1 fully saturated rings. The first kappa shape index (κ1) is 14.3. The highest BCUT2D eigenvalue weighted by Gasteiger charge is 2.19. The maximum absolute atomic E-state index is 5.89. The van der Waals surface area contributed by atoms with Crippen molar-refractivity contribution in [3.05, 3.63) is 18.2 Å². The van der Waals surface area contributed by atoms with Gasteiger partial charge < -0.3 is 15.4 Å². The van der Waals surface area contributed by atoms with Crippen LogP contribution in [0.4, 0.5) is 11.4 Å². The second-order valence-corrected chi connectivity index (χ2v) is 5.74. The predicted octanol–water partition coefficient (Wildman–Crippen LogP) is 1.76. The van der Waals surface area contributed by atoms with E-state index in [2.05, 4.69) is 16.1 Å². The first-order valence-corrected chi connectivity index (χ1v) is 8.03. The molecule has 1 aromatic rings. The lowest BCUT2D eigenvalue weighted by molar-refractivity contribution is 0.272. The Hall–Kier alpha value is -1.07. The Labute approximate surface area is 119 Å². The maximum Gasteiger partial charge on any atom is 0.142 e. The number of benzene rings is 1.